The number of benzene rings is 1. The molecule has 3 aromatic rings. The third-order valence-corrected chi connectivity index (χ3v) is 5.02. The normalized spacial score (nSPS) is 16.9. The number of carbonyl (C=O) groups is 1. The molecule has 0 N–H and O–H groups in total. The molecule has 1 unspecified atom stereocenters. The monoisotopic (exact) mass is 358 g/mol. The molecule has 0 saturated carbocycles. The Morgan fingerprint density at radius 1 is 1.00 bits per heavy atom. The number of aromatic nitrogens is 3. The van der Waals surface area contributed by atoms with Crippen molar-refractivity contribution in [3.05, 3.63) is 77.7 Å². The molecule has 4 rings (SSSR count). The van der Waals surface area contributed by atoms with Gasteiger partial charge in [-0.25, -0.2) is 0 Å². The van der Waals surface area contributed by atoms with Crippen molar-refractivity contribution in [1.82, 2.24) is 20.1 Å². The van der Waals surface area contributed by atoms with Crippen LogP contribution in [-0.4, -0.2) is 32.5 Å². The molecule has 0 bridgehead atoms. The van der Waals surface area contributed by atoms with Crippen LogP contribution >= 0.6 is 0 Å². The number of pyridine rings is 1. The van der Waals surface area contributed by atoms with Gasteiger partial charge < -0.3 is 4.90 Å². The molecule has 136 valence electrons. The smallest absolute Gasteiger partial charge is 0.254 e. The van der Waals surface area contributed by atoms with Crippen molar-refractivity contribution in [3.63, 3.8) is 0 Å². The molecule has 1 amide bonds. The zero-order chi connectivity index (χ0) is 18.6. The molecule has 5 nitrogen and oxygen atoms in total. The highest BCUT2D eigenvalue weighted by molar-refractivity contribution is 5.95. The Balaban J connectivity index is 1.57. The van der Waals surface area contributed by atoms with Gasteiger partial charge in [0.05, 0.1) is 23.1 Å². The molecule has 27 heavy (non-hydrogen) atoms. The summed E-state index contributed by atoms with van der Waals surface area (Å²) in [6.45, 7) is 2.68. The van der Waals surface area contributed by atoms with E-state index in [2.05, 4.69) is 15.2 Å². The van der Waals surface area contributed by atoms with Gasteiger partial charge in [0, 0.05) is 23.9 Å². The molecule has 1 saturated heterocycles. The second-order valence-electron chi connectivity index (χ2n) is 6.90. The quantitative estimate of drug-likeness (QED) is 0.703. The highest BCUT2D eigenvalue weighted by atomic mass is 16.2. The molecule has 0 aliphatic carbocycles. The Kier molecular flexibility index (Phi) is 4.92. The van der Waals surface area contributed by atoms with E-state index in [1.807, 2.05) is 66.4 Å². The number of rotatable bonds is 3. The van der Waals surface area contributed by atoms with Gasteiger partial charge in [0.1, 0.15) is 0 Å². The average Bonchev–Trinajstić information content (AvgIpc) is 2.74. The summed E-state index contributed by atoms with van der Waals surface area (Å²) in [5.41, 5.74) is 4.32. The minimum Gasteiger partial charge on any atom is -0.330 e. The average molecular weight is 358 g/mol. The lowest BCUT2D eigenvalue weighted by Crippen LogP contribution is -2.38. The number of likely N-dealkylation sites (tertiary alicyclic amines) is 1. The summed E-state index contributed by atoms with van der Waals surface area (Å²) in [5, 5.41) is 8.31. The van der Waals surface area contributed by atoms with E-state index in [9.17, 15) is 4.79 Å². The van der Waals surface area contributed by atoms with Gasteiger partial charge >= 0.3 is 0 Å². The van der Waals surface area contributed by atoms with Crippen LogP contribution in [-0.2, 0) is 0 Å². The highest BCUT2D eigenvalue weighted by Gasteiger charge is 2.29. The topological polar surface area (TPSA) is 59.0 Å². The highest BCUT2D eigenvalue weighted by Crippen LogP contribution is 2.31. The summed E-state index contributed by atoms with van der Waals surface area (Å²) in [6.07, 6.45) is 4.91. The fourth-order valence-electron chi connectivity index (χ4n) is 3.56. The van der Waals surface area contributed by atoms with Crippen molar-refractivity contribution in [2.45, 2.75) is 32.2 Å². The molecule has 1 aliphatic heterocycles. The maximum Gasteiger partial charge on any atom is 0.254 e. The predicted octanol–water partition coefficient (Wildman–Crippen LogP) is 4.21. The Morgan fingerprint density at radius 2 is 1.85 bits per heavy atom. The summed E-state index contributed by atoms with van der Waals surface area (Å²) in [7, 11) is 0. The van der Waals surface area contributed by atoms with E-state index in [0.29, 0.717) is 5.56 Å². The third kappa shape index (κ3) is 3.72. The Hall–Kier alpha value is -3.08. The molecule has 3 heterocycles. The second-order valence-corrected chi connectivity index (χ2v) is 6.90. The van der Waals surface area contributed by atoms with E-state index in [0.717, 1.165) is 48.5 Å². The van der Waals surface area contributed by atoms with Crippen molar-refractivity contribution >= 4 is 5.91 Å². The van der Waals surface area contributed by atoms with Crippen molar-refractivity contribution in [3.8, 4) is 11.3 Å². The molecule has 0 radical (unpaired) electrons. The molecule has 1 atom stereocenters. The first-order valence-electron chi connectivity index (χ1n) is 9.35. The van der Waals surface area contributed by atoms with Crippen LogP contribution in [0.15, 0.2) is 60.8 Å². The fourth-order valence-corrected chi connectivity index (χ4v) is 3.56. The van der Waals surface area contributed by atoms with Gasteiger partial charge in [-0.1, -0.05) is 18.2 Å². The van der Waals surface area contributed by atoms with Crippen molar-refractivity contribution in [2.75, 3.05) is 6.54 Å². The van der Waals surface area contributed by atoms with Gasteiger partial charge in [-0.2, -0.15) is 10.2 Å². The van der Waals surface area contributed by atoms with Crippen LogP contribution in [0.3, 0.4) is 0 Å². The largest absolute Gasteiger partial charge is 0.330 e. The molecule has 5 heteroatoms. The molecule has 1 aliphatic rings. The Morgan fingerprint density at radius 3 is 2.56 bits per heavy atom. The molecular weight excluding hydrogens is 336 g/mol. The Labute approximate surface area is 159 Å². The number of hydrogen-bond acceptors (Lipinski definition) is 4. The lowest BCUT2D eigenvalue weighted by molar-refractivity contribution is 0.0606. The lowest BCUT2D eigenvalue weighted by atomic mass is 9.97. The number of nitrogens with zero attached hydrogens (tertiary/aromatic N) is 4. The number of aryl methyl sites for hydroxylation is 1. The first kappa shape index (κ1) is 17.3. The number of piperidine rings is 1. The standard InChI is InChI=1S/C22H22N4O/c1-16-8-13-19(25-24-16)17-9-11-18(12-10-17)22(27)26-15-5-3-7-21(26)20-6-2-4-14-23-20/h2,4,6,8-14,21H,3,5,7,15H2,1H3. The second kappa shape index (κ2) is 7.66. The fraction of sp³-hybridized carbons (Fsp3) is 0.273. The van der Waals surface area contributed by atoms with E-state index in [4.69, 9.17) is 0 Å². The molecule has 0 spiro atoms. The van der Waals surface area contributed by atoms with E-state index < -0.39 is 0 Å². The van der Waals surface area contributed by atoms with E-state index in [1.54, 1.807) is 6.20 Å². The van der Waals surface area contributed by atoms with Crippen LogP contribution in [0.4, 0.5) is 0 Å². The minimum absolute atomic E-state index is 0.0510. The van der Waals surface area contributed by atoms with Gasteiger partial charge in [0.2, 0.25) is 0 Å². The van der Waals surface area contributed by atoms with E-state index in [-0.39, 0.29) is 11.9 Å². The first-order chi connectivity index (χ1) is 13.2. The van der Waals surface area contributed by atoms with Crippen LogP contribution in [0.2, 0.25) is 0 Å². The van der Waals surface area contributed by atoms with Crippen molar-refractivity contribution in [1.29, 1.82) is 0 Å². The first-order valence-corrected chi connectivity index (χ1v) is 9.35. The summed E-state index contributed by atoms with van der Waals surface area (Å²) < 4.78 is 0. The van der Waals surface area contributed by atoms with Crippen LogP contribution in [0.25, 0.3) is 11.3 Å². The van der Waals surface area contributed by atoms with Crippen LogP contribution in [0, 0.1) is 6.92 Å². The summed E-state index contributed by atoms with van der Waals surface area (Å²) in [4.78, 5) is 19.6. The number of amides is 1. The van der Waals surface area contributed by atoms with Crippen molar-refractivity contribution in [2.24, 2.45) is 0 Å². The van der Waals surface area contributed by atoms with Gasteiger partial charge in [0.25, 0.3) is 5.91 Å². The molecule has 1 aromatic carbocycles. The van der Waals surface area contributed by atoms with E-state index in [1.165, 1.54) is 0 Å². The summed E-state index contributed by atoms with van der Waals surface area (Å²) >= 11 is 0. The van der Waals surface area contributed by atoms with Crippen molar-refractivity contribution < 1.29 is 4.79 Å². The third-order valence-electron chi connectivity index (χ3n) is 5.02. The van der Waals surface area contributed by atoms with Gasteiger partial charge in [-0.15, -0.1) is 0 Å². The zero-order valence-electron chi connectivity index (χ0n) is 15.4. The van der Waals surface area contributed by atoms with Crippen LogP contribution in [0.1, 0.15) is 47.1 Å². The zero-order valence-corrected chi connectivity index (χ0v) is 15.4. The Bertz CT molecular complexity index is 907. The predicted molar refractivity (Wildman–Crippen MR) is 104 cm³/mol. The summed E-state index contributed by atoms with van der Waals surface area (Å²) in [5.74, 6) is 0.0619. The SMILES string of the molecule is Cc1ccc(-c2ccc(C(=O)N3CCCCC3c3ccccn3)cc2)nn1. The van der Waals surface area contributed by atoms with Crippen LogP contribution < -0.4 is 0 Å². The summed E-state index contributed by atoms with van der Waals surface area (Å²) in [6, 6.07) is 17.5. The molecule has 2 aromatic heterocycles. The minimum atomic E-state index is 0.0510. The maximum absolute atomic E-state index is 13.1. The van der Waals surface area contributed by atoms with Gasteiger partial charge in [-0.05, 0) is 62.6 Å². The molecule has 1 fully saturated rings. The van der Waals surface area contributed by atoms with E-state index >= 15 is 0 Å². The number of carbonyl (C=O) groups excluding carboxylic acids is 1. The van der Waals surface area contributed by atoms with Gasteiger partial charge in [0.15, 0.2) is 0 Å². The molecular formula is C22H22N4O. The van der Waals surface area contributed by atoms with Crippen LogP contribution in [0.5, 0.6) is 0 Å². The maximum atomic E-state index is 13.1. The number of hydrogen-bond donors (Lipinski definition) is 0. The van der Waals surface area contributed by atoms with Gasteiger partial charge in [-0.3, -0.25) is 9.78 Å². The lowest BCUT2D eigenvalue weighted by Gasteiger charge is -2.35.